The van der Waals surface area contributed by atoms with Gasteiger partial charge in [-0.05, 0) is 82.2 Å². The van der Waals surface area contributed by atoms with E-state index in [1.165, 1.54) is 11.6 Å². The third-order valence-corrected chi connectivity index (χ3v) is 6.12. The number of carboxylic acid groups (broad SMARTS) is 1. The first-order valence-corrected chi connectivity index (χ1v) is 11.1. The van der Waals surface area contributed by atoms with Gasteiger partial charge in [0.2, 0.25) is 5.91 Å². The fourth-order valence-corrected chi connectivity index (χ4v) is 4.13. The SMILES string of the molecule is O=C(O)/C(=C/c1ccc(Oc2ccccc2Br)cc1)NC(=O)C1CCc2ccccc2C1. The number of aliphatic carboxylic acids is 1. The van der Waals surface area contributed by atoms with Crippen molar-refractivity contribution in [2.45, 2.75) is 19.3 Å². The van der Waals surface area contributed by atoms with Crippen LogP contribution in [0.3, 0.4) is 0 Å². The lowest BCUT2D eigenvalue weighted by Gasteiger charge is -2.23. The third-order valence-electron chi connectivity index (χ3n) is 5.46. The van der Waals surface area contributed by atoms with Crippen molar-refractivity contribution in [3.8, 4) is 11.5 Å². The Kier molecular flexibility index (Phi) is 6.71. The molecule has 1 atom stereocenters. The first-order valence-electron chi connectivity index (χ1n) is 10.3. The third kappa shape index (κ3) is 5.26. The Bertz CT molecular complexity index is 1170. The highest BCUT2D eigenvalue weighted by Gasteiger charge is 2.26. The highest BCUT2D eigenvalue weighted by molar-refractivity contribution is 9.10. The van der Waals surface area contributed by atoms with Crippen molar-refractivity contribution in [1.29, 1.82) is 0 Å². The molecule has 6 heteroatoms. The van der Waals surface area contributed by atoms with E-state index in [4.69, 9.17) is 4.74 Å². The van der Waals surface area contributed by atoms with Crippen LogP contribution in [0.15, 0.2) is 83.0 Å². The minimum absolute atomic E-state index is 0.145. The summed E-state index contributed by atoms with van der Waals surface area (Å²) in [5.74, 6) is -0.378. The van der Waals surface area contributed by atoms with Gasteiger partial charge in [0.1, 0.15) is 17.2 Å². The largest absolute Gasteiger partial charge is 0.477 e. The first kappa shape index (κ1) is 21.8. The van der Waals surface area contributed by atoms with Gasteiger partial charge in [-0.1, -0.05) is 48.5 Å². The first-order chi connectivity index (χ1) is 15.5. The number of carbonyl (C=O) groups is 2. The van der Waals surface area contributed by atoms with Gasteiger partial charge < -0.3 is 15.2 Å². The smallest absolute Gasteiger partial charge is 0.352 e. The number of halogens is 1. The Balaban J connectivity index is 1.44. The van der Waals surface area contributed by atoms with E-state index < -0.39 is 5.97 Å². The van der Waals surface area contributed by atoms with E-state index in [-0.39, 0.29) is 17.5 Å². The molecule has 0 spiro atoms. The zero-order chi connectivity index (χ0) is 22.5. The van der Waals surface area contributed by atoms with Crippen LogP contribution >= 0.6 is 15.9 Å². The Morgan fingerprint density at radius 2 is 1.66 bits per heavy atom. The number of benzene rings is 3. The standard InChI is InChI=1S/C26H22BrNO4/c27-22-7-3-4-8-24(22)32-21-13-9-17(10-14-21)15-23(26(30)31)28-25(29)20-12-11-18-5-1-2-6-19(18)16-20/h1-10,13-15,20H,11-12,16H2,(H,28,29)(H,30,31)/b23-15-. The number of hydrogen-bond donors (Lipinski definition) is 2. The van der Waals surface area contributed by atoms with Gasteiger partial charge in [0.15, 0.2) is 0 Å². The Morgan fingerprint density at radius 1 is 0.969 bits per heavy atom. The van der Waals surface area contributed by atoms with Crippen molar-refractivity contribution in [3.05, 3.63) is 99.7 Å². The monoisotopic (exact) mass is 491 g/mol. The molecular weight excluding hydrogens is 470 g/mol. The quantitative estimate of drug-likeness (QED) is 0.440. The normalized spacial score (nSPS) is 15.5. The average molecular weight is 492 g/mol. The Morgan fingerprint density at radius 3 is 2.38 bits per heavy atom. The Labute approximate surface area is 194 Å². The van der Waals surface area contributed by atoms with Crippen LogP contribution < -0.4 is 10.1 Å². The molecule has 1 unspecified atom stereocenters. The van der Waals surface area contributed by atoms with Crippen molar-refractivity contribution in [2.24, 2.45) is 5.92 Å². The molecule has 2 N–H and O–H groups in total. The summed E-state index contributed by atoms with van der Waals surface area (Å²) in [6.45, 7) is 0. The minimum atomic E-state index is -1.18. The molecule has 1 aliphatic rings. The predicted octanol–water partition coefficient (Wildman–Crippen LogP) is 5.59. The summed E-state index contributed by atoms with van der Waals surface area (Å²) in [7, 11) is 0. The molecule has 3 aromatic carbocycles. The number of para-hydroxylation sites is 1. The zero-order valence-corrected chi connectivity index (χ0v) is 18.8. The molecule has 1 amide bonds. The number of nitrogens with one attached hydrogen (secondary N) is 1. The second-order valence-electron chi connectivity index (χ2n) is 7.66. The van der Waals surface area contributed by atoms with Crippen LogP contribution in [0.4, 0.5) is 0 Å². The molecule has 0 radical (unpaired) electrons. The maximum Gasteiger partial charge on any atom is 0.352 e. The van der Waals surface area contributed by atoms with Crippen molar-refractivity contribution in [3.63, 3.8) is 0 Å². The average Bonchev–Trinajstić information content (AvgIpc) is 2.81. The fourth-order valence-electron chi connectivity index (χ4n) is 3.76. The molecule has 0 saturated heterocycles. The van der Waals surface area contributed by atoms with Crippen LogP contribution in [0.5, 0.6) is 11.5 Å². The van der Waals surface area contributed by atoms with E-state index in [9.17, 15) is 14.7 Å². The summed E-state index contributed by atoms with van der Waals surface area (Å²) in [4.78, 5) is 24.5. The number of carbonyl (C=O) groups excluding carboxylic acids is 1. The van der Waals surface area contributed by atoms with E-state index in [1.807, 2.05) is 42.5 Å². The van der Waals surface area contributed by atoms with Crippen LogP contribution in [0.2, 0.25) is 0 Å². The van der Waals surface area contributed by atoms with Crippen molar-refractivity contribution >= 4 is 33.9 Å². The summed E-state index contributed by atoms with van der Waals surface area (Å²) in [6.07, 6.45) is 3.60. The van der Waals surface area contributed by atoms with Gasteiger partial charge in [-0.3, -0.25) is 4.79 Å². The second kappa shape index (κ2) is 9.83. The van der Waals surface area contributed by atoms with Gasteiger partial charge in [0, 0.05) is 5.92 Å². The molecule has 0 bridgehead atoms. The second-order valence-corrected chi connectivity index (χ2v) is 8.52. The lowest BCUT2D eigenvalue weighted by Crippen LogP contribution is -2.35. The molecule has 3 aromatic rings. The number of hydrogen-bond acceptors (Lipinski definition) is 3. The predicted molar refractivity (Wildman–Crippen MR) is 126 cm³/mol. The van der Waals surface area contributed by atoms with Gasteiger partial charge in [-0.25, -0.2) is 4.79 Å². The van der Waals surface area contributed by atoms with Crippen molar-refractivity contribution in [2.75, 3.05) is 0 Å². The molecule has 162 valence electrons. The van der Waals surface area contributed by atoms with E-state index >= 15 is 0 Å². The van der Waals surface area contributed by atoms with E-state index in [0.29, 0.717) is 29.9 Å². The summed E-state index contributed by atoms with van der Waals surface area (Å²) in [6, 6.07) is 22.6. The zero-order valence-electron chi connectivity index (χ0n) is 17.3. The number of fused-ring (bicyclic) bond motifs is 1. The van der Waals surface area contributed by atoms with Gasteiger partial charge in [-0.15, -0.1) is 0 Å². The molecule has 0 heterocycles. The van der Waals surface area contributed by atoms with Crippen LogP contribution in [-0.2, 0) is 22.4 Å². The van der Waals surface area contributed by atoms with E-state index in [0.717, 1.165) is 16.5 Å². The van der Waals surface area contributed by atoms with Gasteiger partial charge in [0.25, 0.3) is 0 Å². The molecule has 0 saturated carbocycles. The topological polar surface area (TPSA) is 75.6 Å². The number of amides is 1. The van der Waals surface area contributed by atoms with Crippen molar-refractivity contribution in [1.82, 2.24) is 5.32 Å². The lowest BCUT2D eigenvalue weighted by atomic mass is 9.83. The van der Waals surface area contributed by atoms with Gasteiger partial charge >= 0.3 is 5.97 Å². The highest BCUT2D eigenvalue weighted by Crippen LogP contribution is 2.29. The number of aryl methyl sites for hydroxylation is 1. The molecule has 1 aliphatic carbocycles. The van der Waals surface area contributed by atoms with Gasteiger partial charge in [0.05, 0.1) is 4.47 Å². The summed E-state index contributed by atoms with van der Waals surface area (Å²) in [5, 5.41) is 12.2. The molecular formula is C26H22BrNO4. The van der Waals surface area contributed by atoms with Crippen LogP contribution in [-0.4, -0.2) is 17.0 Å². The van der Waals surface area contributed by atoms with E-state index in [2.05, 4.69) is 27.3 Å². The molecule has 0 fully saturated rings. The van der Waals surface area contributed by atoms with Crippen LogP contribution in [0.25, 0.3) is 6.08 Å². The lowest BCUT2D eigenvalue weighted by molar-refractivity contribution is -0.135. The van der Waals surface area contributed by atoms with Crippen LogP contribution in [0.1, 0.15) is 23.1 Å². The Hall–Kier alpha value is -3.38. The number of carboxylic acids is 1. The molecule has 4 rings (SSSR count). The highest BCUT2D eigenvalue weighted by atomic mass is 79.9. The molecule has 0 aromatic heterocycles. The molecule has 32 heavy (non-hydrogen) atoms. The number of ether oxygens (including phenoxy) is 1. The van der Waals surface area contributed by atoms with Crippen LogP contribution in [0, 0.1) is 5.92 Å². The maximum atomic E-state index is 12.8. The molecule has 5 nitrogen and oxygen atoms in total. The summed E-state index contributed by atoms with van der Waals surface area (Å²) in [5.41, 5.74) is 2.92. The van der Waals surface area contributed by atoms with E-state index in [1.54, 1.807) is 24.3 Å². The number of rotatable bonds is 6. The van der Waals surface area contributed by atoms with Gasteiger partial charge in [-0.2, -0.15) is 0 Å². The van der Waals surface area contributed by atoms with Crippen molar-refractivity contribution < 1.29 is 19.4 Å². The minimum Gasteiger partial charge on any atom is -0.477 e. The maximum absolute atomic E-state index is 12.8. The summed E-state index contributed by atoms with van der Waals surface area (Å²) < 4.78 is 6.67. The summed E-state index contributed by atoms with van der Waals surface area (Å²) >= 11 is 3.44. The fraction of sp³-hybridized carbons (Fsp3) is 0.154. The molecule has 0 aliphatic heterocycles.